The summed E-state index contributed by atoms with van der Waals surface area (Å²) in [6.07, 6.45) is 5.37. The van der Waals surface area contributed by atoms with E-state index >= 15 is 0 Å². The molecule has 2 aliphatic heterocycles. The zero-order valence-electron chi connectivity index (χ0n) is 12.9. The number of likely N-dealkylation sites (tertiary alicyclic amines) is 1. The van der Waals surface area contributed by atoms with Crippen LogP contribution in [0.5, 0.6) is 5.75 Å². The maximum atomic E-state index is 12.2. The maximum absolute atomic E-state index is 12.2. The molecule has 0 aliphatic carbocycles. The predicted molar refractivity (Wildman–Crippen MR) is 85.2 cm³/mol. The monoisotopic (exact) mass is 312 g/mol. The molecular weight excluding hydrogens is 292 g/mol. The normalized spacial score (nSPS) is 20.4. The number of fused-ring (bicyclic) bond motifs is 1. The lowest BCUT2D eigenvalue weighted by Gasteiger charge is -2.41. The fourth-order valence-electron chi connectivity index (χ4n) is 3.36. The van der Waals surface area contributed by atoms with Crippen molar-refractivity contribution in [3.63, 3.8) is 0 Å². The molecule has 3 heterocycles. The molecule has 1 amide bonds. The third kappa shape index (κ3) is 2.82. The average Bonchev–Trinajstić information content (AvgIpc) is 3.04. The Bertz CT molecular complexity index is 690. The summed E-state index contributed by atoms with van der Waals surface area (Å²) in [6, 6.07) is 7.49. The Morgan fingerprint density at radius 3 is 2.87 bits per heavy atom. The number of imidazole rings is 1. The fourth-order valence-corrected chi connectivity index (χ4v) is 3.36. The topological polar surface area (TPSA) is 70.2 Å². The highest BCUT2D eigenvalue weighted by Crippen LogP contribution is 2.33. The van der Waals surface area contributed by atoms with Crippen molar-refractivity contribution < 1.29 is 9.53 Å². The lowest BCUT2D eigenvalue weighted by atomic mass is 9.91. The number of H-pyrrole nitrogens is 1. The van der Waals surface area contributed by atoms with Gasteiger partial charge in [0.2, 0.25) is 0 Å². The van der Waals surface area contributed by atoms with Crippen molar-refractivity contribution in [1.82, 2.24) is 20.2 Å². The molecule has 1 aromatic carbocycles. The molecule has 1 spiro atoms. The van der Waals surface area contributed by atoms with Crippen LogP contribution in [0.15, 0.2) is 36.8 Å². The number of nitrogens with one attached hydrogen (secondary N) is 2. The first kappa shape index (κ1) is 14.3. The van der Waals surface area contributed by atoms with Gasteiger partial charge in [-0.3, -0.25) is 9.69 Å². The first-order valence-electron chi connectivity index (χ1n) is 8.00. The Morgan fingerprint density at radius 2 is 2.09 bits per heavy atom. The van der Waals surface area contributed by atoms with E-state index in [1.54, 1.807) is 6.33 Å². The number of amides is 1. The molecule has 120 valence electrons. The molecule has 2 N–H and O–H groups in total. The highest BCUT2D eigenvalue weighted by atomic mass is 16.5. The summed E-state index contributed by atoms with van der Waals surface area (Å²) < 4.78 is 6.31. The molecule has 6 heteroatoms. The molecule has 2 aliphatic rings. The highest BCUT2D eigenvalue weighted by Gasteiger charge is 2.39. The lowest BCUT2D eigenvalue weighted by Crippen LogP contribution is -2.53. The van der Waals surface area contributed by atoms with E-state index in [1.807, 2.05) is 30.5 Å². The van der Waals surface area contributed by atoms with Gasteiger partial charge in [-0.15, -0.1) is 0 Å². The number of rotatable bonds is 2. The van der Waals surface area contributed by atoms with Gasteiger partial charge in [-0.25, -0.2) is 4.98 Å². The van der Waals surface area contributed by atoms with Crippen LogP contribution < -0.4 is 10.1 Å². The van der Waals surface area contributed by atoms with Gasteiger partial charge in [0.05, 0.1) is 18.4 Å². The summed E-state index contributed by atoms with van der Waals surface area (Å²) in [7, 11) is 0. The molecule has 1 saturated heterocycles. The number of aromatic nitrogens is 2. The summed E-state index contributed by atoms with van der Waals surface area (Å²) >= 11 is 0. The zero-order chi connectivity index (χ0) is 15.7. The quantitative estimate of drug-likeness (QED) is 0.883. The SMILES string of the molecule is O=C1NCC2(CCN(Cc3cnc[nH]3)CC2)Oc2ccccc21. The van der Waals surface area contributed by atoms with E-state index in [-0.39, 0.29) is 11.5 Å². The van der Waals surface area contributed by atoms with Crippen LogP contribution in [0.1, 0.15) is 28.9 Å². The van der Waals surface area contributed by atoms with Crippen molar-refractivity contribution in [1.29, 1.82) is 0 Å². The maximum Gasteiger partial charge on any atom is 0.255 e. The smallest absolute Gasteiger partial charge is 0.255 e. The minimum Gasteiger partial charge on any atom is -0.485 e. The van der Waals surface area contributed by atoms with Gasteiger partial charge in [0.25, 0.3) is 5.91 Å². The molecule has 2 aromatic rings. The molecule has 0 bridgehead atoms. The second-order valence-corrected chi connectivity index (χ2v) is 6.32. The first-order valence-corrected chi connectivity index (χ1v) is 8.00. The number of para-hydroxylation sites is 1. The second kappa shape index (κ2) is 5.70. The number of piperidine rings is 1. The Kier molecular flexibility index (Phi) is 3.53. The molecule has 0 radical (unpaired) electrons. The Balaban J connectivity index is 1.47. The molecule has 4 rings (SSSR count). The van der Waals surface area contributed by atoms with Crippen molar-refractivity contribution in [3.8, 4) is 5.75 Å². The number of hydrogen-bond donors (Lipinski definition) is 2. The third-order valence-electron chi connectivity index (χ3n) is 4.75. The van der Waals surface area contributed by atoms with Gasteiger partial charge in [0.15, 0.2) is 0 Å². The van der Waals surface area contributed by atoms with Crippen molar-refractivity contribution in [2.45, 2.75) is 25.0 Å². The number of benzene rings is 1. The van der Waals surface area contributed by atoms with E-state index in [9.17, 15) is 4.79 Å². The molecule has 0 unspecified atom stereocenters. The van der Waals surface area contributed by atoms with Crippen LogP contribution >= 0.6 is 0 Å². The van der Waals surface area contributed by atoms with E-state index in [0.717, 1.165) is 38.2 Å². The molecule has 6 nitrogen and oxygen atoms in total. The fraction of sp³-hybridized carbons (Fsp3) is 0.412. The second-order valence-electron chi connectivity index (χ2n) is 6.32. The molecule has 1 fully saturated rings. The Labute approximate surface area is 134 Å². The molecule has 1 aromatic heterocycles. The van der Waals surface area contributed by atoms with Gasteiger partial charge >= 0.3 is 0 Å². The van der Waals surface area contributed by atoms with E-state index in [4.69, 9.17) is 4.74 Å². The molecule has 0 atom stereocenters. The summed E-state index contributed by atoms with van der Waals surface area (Å²) in [5.74, 6) is 0.655. The van der Waals surface area contributed by atoms with Gasteiger partial charge in [-0.2, -0.15) is 0 Å². The average molecular weight is 312 g/mol. The van der Waals surface area contributed by atoms with Crippen molar-refractivity contribution >= 4 is 5.91 Å². The molecular formula is C17H20N4O2. The predicted octanol–water partition coefficient (Wildman–Crippen LogP) is 1.57. The van der Waals surface area contributed by atoms with Crippen LogP contribution in [0.4, 0.5) is 0 Å². The number of carbonyl (C=O) groups is 1. The van der Waals surface area contributed by atoms with Crippen molar-refractivity contribution in [2.24, 2.45) is 0 Å². The zero-order valence-corrected chi connectivity index (χ0v) is 12.9. The minimum atomic E-state index is -0.299. The number of carbonyl (C=O) groups excluding carboxylic acids is 1. The van der Waals surface area contributed by atoms with E-state index in [2.05, 4.69) is 20.2 Å². The number of nitrogens with zero attached hydrogens (tertiary/aromatic N) is 2. The van der Waals surface area contributed by atoms with E-state index in [0.29, 0.717) is 17.9 Å². The summed E-state index contributed by atoms with van der Waals surface area (Å²) in [5.41, 5.74) is 1.46. The standard InChI is InChI=1S/C17H20N4O2/c22-16-14-3-1-2-4-15(14)23-17(11-19-16)5-7-21(8-6-17)10-13-9-18-12-20-13/h1-4,9,12H,5-8,10-11H2,(H,18,20)(H,19,22). The Morgan fingerprint density at radius 1 is 1.26 bits per heavy atom. The van der Waals surface area contributed by atoms with Crippen LogP contribution in [0.3, 0.4) is 0 Å². The molecule has 23 heavy (non-hydrogen) atoms. The van der Waals surface area contributed by atoms with E-state index < -0.39 is 0 Å². The van der Waals surface area contributed by atoms with Gasteiger partial charge in [0, 0.05) is 44.4 Å². The number of aromatic amines is 1. The van der Waals surface area contributed by atoms with Crippen LogP contribution in [-0.2, 0) is 6.54 Å². The van der Waals surface area contributed by atoms with E-state index in [1.165, 1.54) is 0 Å². The summed E-state index contributed by atoms with van der Waals surface area (Å²) in [6.45, 7) is 3.32. The van der Waals surface area contributed by atoms with Crippen LogP contribution in [0.2, 0.25) is 0 Å². The Hall–Kier alpha value is -2.34. The largest absolute Gasteiger partial charge is 0.485 e. The van der Waals surface area contributed by atoms with Gasteiger partial charge in [-0.05, 0) is 12.1 Å². The summed E-state index contributed by atoms with van der Waals surface area (Å²) in [5, 5.41) is 3.02. The molecule has 0 saturated carbocycles. The first-order chi connectivity index (χ1) is 11.2. The van der Waals surface area contributed by atoms with Gasteiger partial charge in [-0.1, -0.05) is 12.1 Å². The lowest BCUT2D eigenvalue weighted by molar-refractivity contribution is 0.00368. The van der Waals surface area contributed by atoms with Crippen molar-refractivity contribution in [3.05, 3.63) is 48.0 Å². The highest BCUT2D eigenvalue weighted by molar-refractivity contribution is 5.97. The van der Waals surface area contributed by atoms with Gasteiger partial charge < -0.3 is 15.0 Å². The summed E-state index contributed by atoms with van der Waals surface area (Å²) in [4.78, 5) is 21.8. The van der Waals surface area contributed by atoms with Crippen LogP contribution in [0, 0.1) is 0 Å². The minimum absolute atomic E-state index is 0.0441. The van der Waals surface area contributed by atoms with Gasteiger partial charge in [0.1, 0.15) is 11.4 Å². The van der Waals surface area contributed by atoms with Crippen molar-refractivity contribution in [2.75, 3.05) is 19.6 Å². The number of ether oxygens (including phenoxy) is 1. The van der Waals surface area contributed by atoms with Crippen LogP contribution in [0.25, 0.3) is 0 Å². The van der Waals surface area contributed by atoms with Crippen LogP contribution in [-0.4, -0.2) is 46.0 Å². The number of hydrogen-bond acceptors (Lipinski definition) is 4. The third-order valence-corrected chi connectivity index (χ3v) is 4.75.